The van der Waals surface area contributed by atoms with Crippen molar-refractivity contribution in [2.45, 2.75) is 52.4 Å². The van der Waals surface area contributed by atoms with Gasteiger partial charge < -0.3 is 0 Å². The van der Waals surface area contributed by atoms with Crippen LogP contribution in [-0.4, -0.2) is 11.6 Å². The van der Waals surface area contributed by atoms with Crippen LogP contribution >= 0.6 is 0 Å². The van der Waals surface area contributed by atoms with Gasteiger partial charge in [-0.3, -0.25) is 9.59 Å². The van der Waals surface area contributed by atoms with Crippen LogP contribution in [0.4, 0.5) is 0 Å². The van der Waals surface area contributed by atoms with E-state index in [1.807, 2.05) is 0 Å². The summed E-state index contributed by atoms with van der Waals surface area (Å²) in [6.45, 7) is 3.41. The van der Waals surface area contributed by atoms with Crippen molar-refractivity contribution < 1.29 is 9.59 Å². The largest absolute Gasteiger partial charge is 0.300 e. The van der Waals surface area contributed by atoms with E-state index in [9.17, 15) is 9.59 Å². The third-order valence-corrected chi connectivity index (χ3v) is 4.46. The molecule has 94 valence electrons. The van der Waals surface area contributed by atoms with Gasteiger partial charge in [-0.1, -0.05) is 11.6 Å². The lowest BCUT2D eigenvalue weighted by molar-refractivity contribution is -0.122. The monoisotopic (exact) mass is 234 g/mol. The summed E-state index contributed by atoms with van der Waals surface area (Å²) in [6, 6.07) is 0. The fourth-order valence-corrected chi connectivity index (χ4v) is 3.11. The molecule has 0 aromatic heterocycles. The summed E-state index contributed by atoms with van der Waals surface area (Å²) in [4.78, 5) is 22.6. The van der Waals surface area contributed by atoms with Crippen LogP contribution in [0.15, 0.2) is 11.6 Å². The minimum Gasteiger partial charge on any atom is -0.300 e. The number of hydrogen-bond donors (Lipinski definition) is 0. The summed E-state index contributed by atoms with van der Waals surface area (Å²) in [6.07, 6.45) is 8.81. The quantitative estimate of drug-likeness (QED) is 0.702. The first-order valence-electron chi connectivity index (χ1n) is 6.79. The van der Waals surface area contributed by atoms with Crippen LogP contribution in [0.25, 0.3) is 0 Å². The molecule has 17 heavy (non-hydrogen) atoms. The Labute approximate surface area is 103 Å². The Hall–Kier alpha value is -0.920. The molecule has 1 atom stereocenters. The molecule has 0 radical (unpaired) electrons. The number of Topliss-reactive ketones (excluding diaryl/α,β-unsaturated/α-hetero) is 2. The molecule has 0 aromatic carbocycles. The molecule has 0 aliphatic heterocycles. The molecular formula is C15H22O2. The van der Waals surface area contributed by atoms with Gasteiger partial charge in [0.05, 0.1) is 0 Å². The maximum absolute atomic E-state index is 11.3. The van der Waals surface area contributed by atoms with E-state index in [1.54, 1.807) is 13.8 Å². The smallest absolute Gasteiger partial charge is 0.136 e. The molecule has 2 nitrogen and oxygen atoms in total. The van der Waals surface area contributed by atoms with E-state index in [1.165, 1.54) is 5.57 Å². The van der Waals surface area contributed by atoms with E-state index in [-0.39, 0.29) is 5.92 Å². The summed E-state index contributed by atoms with van der Waals surface area (Å²) < 4.78 is 0. The van der Waals surface area contributed by atoms with Crippen molar-refractivity contribution in [2.24, 2.45) is 17.8 Å². The van der Waals surface area contributed by atoms with Crippen molar-refractivity contribution in [3.05, 3.63) is 11.6 Å². The Balaban J connectivity index is 1.88. The van der Waals surface area contributed by atoms with Gasteiger partial charge in [-0.25, -0.2) is 0 Å². The number of carbonyl (C=O) groups is 2. The van der Waals surface area contributed by atoms with Crippen molar-refractivity contribution in [1.29, 1.82) is 0 Å². The summed E-state index contributed by atoms with van der Waals surface area (Å²) in [5.74, 6) is 1.80. The highest BCUT2D eigenvalue weighted by Crippen LogP contribution is 2.38. The molecular weight excluding hydrogens is 212 g/mol. The zero-order valence-electron chi connectivity index (χ0n) is 10.9. The average molecular weight is 234 g/mol. The van der Waals surface area contributed by atoms with Gasteiger partial charge in [0.2, 0.25) is 0 Å². The number of allylic oxidation sites excluding steroid dienone is 2. The zero-order chi connectivity index (χ0) is 12.4. The summed E-state index contributed by atoms with van der Waals surface area (Å²) in [5.41, 5.74) is 1.36. The maximum atomic E-state index is 11.3. The third kappa shape index (κ3) is 2.85. The lowest BCUT2D eigenvalue weighted by Crippen LogP contribution is -2.25. The summed E-state index contributed by atoms with van der Waals surface area (Å²) in [7, 11) is 0. The van der Waals surface area contributed by atoms with E-state index >= 15 is 0 Å². The second kappa shape index (κ2) is 5.16. The Morgan fingerprint density at radius 2 is 1.65 bits per heavy atom. The first kappa shape index (κ1) is 12.5. The first-order chi connectivity index (χ1) is 8.08. The molecule has 2 aliphatic carbocycles. The van der Waals surface area contributed by atoms with Gasteiger partial charge in [-0.05, 0) is 58.3 Å². The zero-order valence-corrected chi connectivity index (χ0v) is 10.9. The van der Waals surface area contributed by atoms with E-state index in [2.05, 4.69) is 6.08 Å². The highest BCUT2D eigenvalue weighted by molar-refractivity contribution is 5.82. The second-order valence-electron chi connectivity index (χ2n) is 5.67. The Bertz CT molecular complexity index is 346. The van der Waals surface area contributed by atoms with Crippen LogP contribution in [0.3, 0.4) is 0 Å². The van der Waals surface area contributed by atoms with Crippen molar-refractivity contribution >= 4 is 11.6 Å². The molecule has 0 bridgehead atoms. The minimum atomic E-state index is 0.223. The lowest BCUT2D eigenvalue weighted by atomic mass is 9.73. The van der Waals surface area contributed by atoms with Gasteiger partial charge in [-0.2, -0.15) is 0 Å². The van der Waals surface area contributed by atoms with Gasteiger partial charge >= 0.3 is 0 Å². The highest BCUT2D eigenvalue weighted by Gasteiger charge is 2.30. The molecule has 0 aromatic rings. The SMILES string of the molecule is CC(=O)C1CCC(C=C2CCC2C(C)=O)CC1. The normalized spacial score (nSPS) is 35.4. The van der Waals surface area contributed by atoms with Crippen molar-refractivity contribution in [3.8, 4) is 0 Å². The van der Waals surface area contributed by atoms with Crippen molar-refractivity contribution in [3.63, 3.8) is 0 Å². The molecule has 2 saturated carbocycles. The van der Waals surface area contributed by atoms with Gasteiger partial charge in [0.15, 0.2) is 0 Å². The molecule has 0 N–H and O–H groups in total. The molecule has 0 spiro atoms. The summed E-state index contributed by atoms with van der Waals surface area (Å²) >= 11 is 0. The fourth-order valence-electron chi connectivity index (χ4n) is 3.11. The van der Waals surface area contributed by atoms with Gasteiger partial charge in [0.25, 0.3) is 0 Å². The predicted molar refractivity (Wildman–Crippen MR) is 67.6 cm³/mol. The lowest BCUT2D eigenvalue weighted by Gasteiger charge is -2.31. The molecule has 2 heteroatoms. The standard InChI is InChI=1S/C15H22O2/c1-10(16)13-5-3-12(4-6-13)9-14-7-8-15(14)11(2)17/h9,12-13,15H,3-8H2,1-2H3. The fraction of sp³-hybridized carbons (Fsp3) is 0.733. The molecule has 0 amide bonds. The molecule has 0 heterocycles. The van der Waals surface area contributed by atoms with Crippen molar-refractivity contribution in [1.82, 2.24) is 0 Å². The average Bonchev–Trinajstić information content (AvgIpc) is 2.24. The van der Waals surface area contributed by atoms with Gasteiger partial charge in [-0.15, -0.1) is 0 Å². The van der Waals surface area contributed by atoms with Gasteiger partial charge in [0.1, 0.15) is 11.6 Å². The maximum Gasteiger partial charge on any atom is 0.136 e. The molecule has 0 saturated heterocycles. The van der Waals surface area contributed by atoms with E-state index in [0.29, 0.717) is 23.4 Å². The second-order valence-corrected chi connectivity index (χ2v) is 5.67. The van der Waals surface area contributed by atoms with Crippen LogP contribution in [0.2, 0.25) is 0 Å². The highest BCUT2D eigenvalue weighted by atomic mass is 16.1. The van der Waals surface area contributed by atoms with E-state index in [4.69, 9.17) is 0 Å². The Kier molecular flexibility index (Phi) is 3.80. The van der Waals surface area contributed by atoms with Crippen LogP contribution in [0.1, 0.15) is 52.4 Å². The van der Waals surface area contributed by atoms with E-state index < -0.39 is 0 Å². The van der Waals surface area contributed by atoms with Gasteiger partial charge in [0, 0.05) is 11.8 Å². The molecule has 2 fully saturated rings. The van der Waals surface area contributed by atoms with E-state index in [0.717, 1.165) is 38.5 Å². The molecule has 1 unspecified atom stereocenters. The summed E-state index contributed by atoms with van der Waals surface area (Å²) in [5, 5.41) is 0. The number of rotatable bonds is 3. The number of carbonyl (C=O) groups excluding carboxylic acids is 2. The van der Waals surface area contributed by atoms with Crippen LogP contribution in [-0.2, 0) is 9.59 Å². The van der Waals surface area contributed by atoms with Crippen LogP contribution in [0.5, 0.6) is 0 Å². The van der Waals surface area contributed by atoms with Crippen molar-refractivity contribution in [2.75, 3.05) is 0 Å². The molecule has 2 rings (SSSR count). The number of hydrogen-bond acceptors (Lipinski definition) is 2. The predicted octanol–water partition coefficient (Wildman–Crippen LogP) is 3.31. The Morgan fingerprint density at radius 3 is 2.06 bits per heavy atom. The topological polar surface area (TPSA) is 34.1 Å². The molecule has 2 aliphatic rings. The third-order valence-electron chi connectivity index (χ3n) is 4.46. The Morgan fingerprint density at radius 1 is 1.00 bits per heavy atom. The number of ketones is 2. The van der Waals surface area contributed by atoms with Crippen LogP contribution in [0, 0.1) is 17.8 Å². The minimum absolute atomic E-state index is 0.223. The van der Waals surface area contributed by atoms with Crippen LogP contribution < -0.4 is 0 Å². The first-order valence-corrected chi connectivity index (χ1v) is 6.79.